The molecule has 0 spiro atoms. The number of rotatable bonds is 5. The highest BCUT2D eigenvalue weighted by atomic mass is 35.5. The molecule has 3 rings (SSSR count). The van der Waals surface area contributed by atoms with Crippen LogP contribution in [-0.4, -0.2) is 22.9 Å². The van der Waals surface area contributed by atoms with Crippen LogP contribution in [0.5, 0.6) is 0 Å². The van der Waals surface area contributed by atoms with Gasteiger partial charge in [0.2, 0.25) is 17.7 Å². The Morgan fingerprint density at radius 3 is 2.72 bits per heavy atom. The molecule has 1 aromatic heterocycles. The lowest BCUT2D eigenvalue weighted by Crippen LogP contribution is -2.40. The van der Waals surface area contributed by atoms with Crippen LogP contribution in [0.15, 0.2) is 22.9 Å². The van der Waals surface area contributed by atoms with Gasteiger partial charge in [-0.05, 0) is 44.9 Å². The first kappa shape index (κ1) is 21.0. The second-order valence-electron chi connectivity index (χ2n) is 7.63. The third-order valence-corrected chi connectivity index (χ3v) is 5.40. The van der Waals surface area contributed by atoms with Crippen molar-refractivity contribution in [2.45, 2.75) is 51.5 Å². The van der Waals surface area contributed by atoms with Crippen LogP contribution in [-0.2, 0) is 26.3 Å². The van der Waals surface area contributed by atoms with Gasteiger partial charge in [0.15, 0.2) is 0 Å². The van der Waals surface area contributed by atoms with Gasteiger partial charge in [0.05, 0.1) is 11.3 Å². The van der Waals surface area contributed by atoms with Crippen molar-refractivity contribution < 1.29 is 23.3 Å². The number of benzene rings is 1. The lowest BCUT2D eigenvalue weighted by molar-refractivity contribution is -0.134. The molecule has 154 valence electrons. The molecule has 0 aliphatic carbocycles. The van der Waals surface area contributed by atoms with Crippen molar-refractivity contribution in [2.24, 2.45) is 0 Å². The van der Waals surface area contributed by atoms with E-state index in [1.807, 2.05) is 0 Å². The zero-order valence-corrected chi connectivity index (χ0v) is 17.0. The van der Waals surface area contributed by atoms with E-state index < -0.39 is 23.1 Å². The molecule has 1 aliphatic heterocycles. The minimum Gasteiger partial charge on any atom is -0.364 e. The number of nitrogens with zero attached hydrogens (tertiary/aromatic N) is 1. The number of halogens is 2. The standard InChI is InChI=1S/C20H21ClFN3O4/c1-10-9-29-25-17(10)20(2,3)19(28)23-8-11-6-13(21)16(14(22)7-11)12-4-5-15(26)24-18(12)27/h6-7,9,12H,4-5,8H2,1-3H3,(H,23,28)(H,24,26,27). The maximum absolute atomic E-state index is 14.7. The lowest BCUT2D eigenvalue weighted by atomic mass is 9.86. The zero-order valence-electron chi connectivity index (χ0n) is 16.3. The zero-order chi connectivity index (χ0) is 21.3. The average molecular weight is 422 g/mol. The van der Waals surface area contributed by atoms with Gasteiger partial charge in [-0.1, -0.05) is 16.8 Å². The molecule has 3 amide bonds. The molecule has 1 saturated heterocycles. The fraction of sp³-hybridized carbons (Fsp3) is 0.400. The highest BCUT2D eigenvalue weighted by Gasteiger charge is 2.35. The van der Waals surface area contributed by atoms with Gasteiger partial charge in [-0.15, -0.1) is 0 Å². The number of aromatic nitrogens is 1. The molecule has 1 fully saturated rings. The molecule has 1 atom stereocenters. The average Bonchev–Trinajstić information content (AvgIpc) is 3.07. The van der Waals surface area contributed by atoms with E-state index in [-0.39, 0.29) is 41.8 Å². The largest absolute Gasteiger partial charge is 0.364 e. The molecule has 29 heavy (non-hydrogen) atoms. The maximum Gasteiger partial charge on any atom is 0.234 e. The fourth-order valence-corrected chi connectivity index (χ4v) is 3.81. The summed E-state index contributed by atoms with van der Waals surface area (Å²) in [5, 5.41) is 8.92. The third kappa shape index (κ3) is 4.17. The molecule has 1 unspecified atom stereocenters. The number of hydrogen-bond donors (Lipinski definition) is 2. The summed E-state index contributed by atoms with van der Waals surface area (Å²) in [6, 6.07) is 2.75. The normalized spacial score (nSPS) is 17.2. The van der Waals surface area contributed by atoms with Crippen molar-refractivity contribution in [3.63, 3.8) is 0 Å². The summed E-state index contributed by atoms with van der Waals surface area (Å²) in [6.07, 6.45) is 1.79. The first-order chi connectivity index (χ1) is 13.6. The first-order valence-electron chi connectivity index (χ1n) is 9.12. The van der Waals surface area contributed by atoms with Crippen LogP contribution in [0.3, 0.4) is 0 Å². The summed E-state index contributed by atoms with van der Waals surface area (Å²) in [5.74, 6) is -2.72. The number of nitrogens with one attached hydrogen (secondary N) is 2. The monoisotopic (exact) mass is 421 g/mol. The van der Waals surface area contributed by atoms with Gasteiger partial charge in [-0.25, -0.2) is 4.39 Å². The van der Waals surface area contributed by atoms with E-state index in [1.165, 1.54) is 18.4 Å². The van der Waals surface area contributed by atoms with Crippen LogP contribution in [0.4, 0.5) is 4.39 Å². The fourth-order valence-electron chi connectivity index (χ4n) is 3.44. The summed E-state index contributed by atoms with van der Waals surface area (Å²) in [4.78, 5) is 36.0. The Bertz CT molecular complexity index is 963. The van der Waals surface area contributed by atoms with E-state index in [1.54, 1.807) is 20.8 Å². The van der Waals surface area contributed by atoms with Gasteiger partial charge in [-0.2, -0.15) is 0 Å². The van der Waals surface area contributed by atoms with Crippen molar-refractivity contribution in [1.82, 2.24) is 15.8 Å². The minimum absolute atomic E-state index is 0.0471. The first-order valence-corrected chi connectivity index (χ1v) is 9.50. The highest BCUT2D eigenvalue weighted by molar-refractivity contribution is 6.31. The molecule has 1 aromatic carbocycles. The van der Waals surface area contributed by atoms with Gasteiger partial charge < -0.3 is 9.84 Å². The van der Waals surface area contributed by atoms with Gasteiger partial charge in [0.25, 0.3) is 0 Å². The number of aryl methyl sites for hydroxylation is 1. The molecule has 2 heterocycles. The van der Waals surface area contributed by atoms with Crippen LogP contribution in [0, 0.1) is 12.7 Å². The van der Waals surface area contributed by atoms with Crippen molar-refractivity contribution in [3.8, 4) is 0 Å². The third-order valence-electron chi connectivity index (χ3n) is 5.09. The quantitative estimate of drug-likeness (QED) is 0.723. The Labute approximate surface area is 172 Å². The summed E-state index contributed by atoms with van der Waals surface area (Å²) in [5.41, 5.74) is 0.849. The summed E-state index contributed by atoms with van der Waals surface area (Å²) < 4.78 is 19.6. The van der Waals surface area contributed by atoms with Crippen molar-refractivity contribution in [3.05, 3.63) is 51.6 Å². The van der Waals surface area contributed by atoms with Gasteiger partial charge >= 0.3 is 0 Å². The van der Waals surface area contributed by atoms with Crippen LogP contribution >= 0.6 is 11.6 Å². The number of imide groups is 1. The van der Waals surface area contributed by atoms with Crippen molar-refractivity contribution >= 4 is 29.3 Å². The summed E-state index contributed by atoms with van der Waals surface area (Å²) in [7, 11) is 0. The van der Waals surface area contributed by atoms with Crippen molar-refractivity contribution in [2.75, 3.05) is 0 Å². The maximum atomic E-state index is 14.7. The van der Waals surface area contributed by atoms with Gasteiger partial charge in [0, 0.05) is 29.1 Å². The van der Waals surface area contributed by atoms with Gasteiger partial charge in [0.1, 0.15) is 17.8 Å². The predicted octanol–water partition coefficient (Wildman–Crippen LogP) is 2.89. The Hall–Kier alpha value is -2.74. The second kappa shape index (κ2) is 7.94. The summed E-state index contributed by atoms with van der Waals surface area (Å²) >= 11 is 6.24. The van der Waals surface area contributed by atoms with E-state index in [0.717, 1.165) is 5.56 Å². The smallest absolute Gasteiger partial charge is 0.234 e. The number of piperidine rings is 1. The van der Waals surface area contributed by atoms with E-state index >= 15 is 0 Å². The Balaban J connectivity index is 1.74. The second-order valence-corrected chi connectivity index (χ2v) is 8.04. The van der Waals surface area contributed by atoms with Crippen molar-refractivity contribution in [1.29, 1.82) is 0 Å². The number of carbonyl (C=O) groups excluding carboxylic acids is 3. The Morgan fingerprint density at radius 2 is 2.14 bits per heavy atom. The molecular formula is C20H21ClFN3O4. The minimum atomic E-state index is -0.938. The Kier molecular flexibility index (Phi) is 5.75. The molecule has 7 nitrogen and oxygen atoms in total. The van der Waals surface area contributed by atoms with Crippen LogP contribution in [0.1, 0.15) is 55.0 Å². The molecule has 9 heteroatoms. The highest BCUT2D eigenvalue weighted by Crippen LogP contribution is 2.33. The molecule has 0 radical (unpaired) electrons. The Morgan fingerprint density at radius 1 is 1.41 bits per heavy atom. The number of carbonyl (C=O) groups is 3. The number of amides is 3. The summed E-state index contributed by atoms with van der Waals surface area (Å²) in [6.45, 7) is 5.27. The lowest BCUT2D eigenvalue weighted by Gasteiger charge is -2.23. The molecule has 0 bridgehead atoms. The molecule has 2 N–H and O–H groups in total. The number of hydrogen-bond acceptors (Lipinski definition) is 5. The van der Waals surface area contributed by atoms with Crippen LogP contribution in [0.2, 0.25) is 5.02 Å². The molecule has 1 aliphatic rings. The predicted molar refractivity (Wildman–Crippen MR) is 103 cm³/mol. The van der Waals surface area contributed by atoms with E-state index in [4.69, 9.17) is 16.1 Å². The van der Waals surface area contributed by atoms with E-state index in [0.29, 0.717) is 11.3 Å². The topological polar surface area (TPSA) is 101 Å². The van der Waals surface area contributed by atoms with Crippen LogP contribution < -0.4 is 10.6 Å². The SMILES string of the molecule is Cc1conc1C(C)(C)C(=O)NCc1cc(F)c(C2CCC(=O)NC2=O)c(Cl)c1. The molecular weight excluding hydrogens is 401 g/mol. The molecule has 2 aromatic rings. The van der Waals surface area contributed by atoms with Crippen LogP contribution in [0.25, 0.3) is 0 Å². The van der Waals surface area contributed by atoms with E-state index in [9.17, 15) is 18.8 Å². The molecule has 0 saturated carbocycles. The van der Waals surface area contributed by atoms with E-state index in [2.05, 4.69) is 15.8 Å². The van der Waals surface area contributed by atoms with Gasteiger partial charge in [-0.3, -0.25) is 19.7 Å².